The zero-order chi connectivity index (χ0) is 20.6. The van der Waals surface area contributed by atoms with Crippen molar-refractivity contribution in [2.45, 2.75) is 19.1 Å². The minimum atomic E-state index is -0.0199. The van der Waals surface area contributed by atoms with Gasteiger partial charge in [0.05, 0.1) is 26.7 Å². The smallest absolute Gasteiger partial charge is 0.241 e. The molecule has 1 aliphatic heterocycles. The Kier molecular flexibility index (Phi) is 6.94. The molecule has 7 nitrogen and oxygen atoms in total. The number of methoxy groups -OCH3 is 1. The maximum Gasteiger partial charge on any atom is 0.241 e. The van der Waals surface area contributed by atoms with Crippen molar-refractivity contribution in [1.29, 1.82) is 0 Å². The van der Waals surface area contributed by atoms with Gasteiger partial charge in [-0.1, -0.05) is 30.3 Å². The maximum absolute atomic E-state index is 11.9. The molecule has 154 valence electrons. The monoisotopic (exact) mass is 396 g/mol. The molecule has 0 saturated carbocycles. The van der Waals surface area contributed by atoms with E-state index in [2.05, 4.69) is 21.7 Å². The fourth-order valence-corrected chi connectivity index (χ4v) is 2.97. The van der Waals surface area contributed by atoms with Crippen molar-refractivity contribution in [3.05, 3.63) is 59.7 Å². The van der Waals surface area contributed by atoms with Gasteiger partial charge in [-0.2, -0.15) is 0 Å². The molecule has 0 aromatic heterocycles. The summed E-state index contributed by atoms with van der Waals surface area (Å²) in [6.07, 6.45) is 0.885. The predicted octanol–water partition coefficient (Wildman–Crippen LogP) is 1.82. The van der Waals surface area contributed by atoms with Gasteiger partial charge in [-0.05, 0) is 29.3 Å². The van der Waals surface area contributed by atoms with E-state index in [9.17, 15) is 4.79 Å². The molecule has 0 fully saturated rings. The van der Waals surface area contributed by atoms with Crippen molar-refractivity contribution in [2.75, 3.05) is 34.3 Å². The Morgan fingerprint density at radius 1 is 1.17 bits per heavy atom. The van der Waals surface area contributed by atoms with Gasteiger partial charge in [0.2, 0.25) is 5.91 Å². The summed E-state index contributed by atoms with van der Waals surface area (Å²) in [4.78, 5) is 18.1. The third-order valence-electron chi connectivity index (χ3n) is 4.70. The molecule has 7 heteroatoms. The molecule has 3 rings (SSSR count). The first-order valence-electron chi connectivity index (χ1n) is 9.65. The van der Waals surface area contributed by atoms with Gasteiger partial charge in [-0.25, -0.2) is 4.99 Å². The van der Waals surface area contributed by atoms with Crippen LogP contribution in [0.15, 0.2) is 53.5 Å². The lowest BCUT2D eigenvalue weighted by Crippen LogP contribution is -2.45. The minimum absolute atomic E-state index is 0.0199. The van der Waals surface area contributed by atoms with Crippen molar-refractivity contribution in [3.8, 4) is 11.5 Å². The topological polar surface area (TPSA) is 75.2 Å². The number of rotatable bonds is 7. The van der Waals surface area contributed by atoms with Gasteiger partial charge in [0.1, 0.15) is 17.6 Å². The first-order valence-corrected chi connectivity index (χ1v) is 9.65. The van der Waals surface area contributed by atoms with Crippen molar-refractivity contribution in [1.82, 2.24) is 15.5 Å². The fourth-order valence-electron chi connectivity index (χ4n) is 2.97. The Bertz CT molecular complexity index is 824. The normalized spacial score (nSPS) is 15.3. The summed E-state index contributed by atoms with van der Waals surface area (Å²) in [7, 11) is 5.11. The van der Waals surface area contributed by atoms with Crippen LogP contribution in [-0.2, 0) is 17.8 Å². The Morgan fingerprint density at radius 3 is 2.62 bits per heavy atom. The van der Waals surface area contributed by atoms with Crippen molar-refractivity contribution >= 4 is 11.9 Å². The van der Waals surface area contributed by atoms with Crippen LogP contribution >= 0.6 is 0 Å². The van der Waals surface area contributed by atoms with Gasteiger partial charge in [-0.15, -0.1) is 0 Å². The van der Waals surface area contributed by atoms with Crippen LogP contribution in [0.1, 0.15) is 11.1 Å². The van der Waals surface area contributed by atoms with Crippen LogP contribution in [0.4, 0.5) is 0 Å². The summed E-state index contributed by atoms with van der Waals surface area (Å²) in [6, 6.07) is 15.8. The highest BCUT2D eigenvalue weighted by molar-refractivity contribution is 5.86. The zero-order valence-corrected chi connectivity index (χ0v) is 17.1. The summed E-state index contributed by atoms with van der Waals surface area (Å²) >= 11 is 0. The number of ether oxygens (including phenoxy) is 2. The first-order chi connectivity index (χ1) is 14.0. The number of carbonyl (C=O) groups excluding carboxylic acids is 1. The molecule has 2 aromatic carbocycles. The zero-order valence-electron chi connectivity index (χ0n) is 17.1. The summed E-state index contributed by atoms with van der Waals surface area (Å²) < 4.78 is 11.2. The van der Waals surface area contributed by atoms with Crippen molar-refractivity contribution in [2.24, 2.45) is 4.99 Å². The standard InChI is InChI=1S/C22H28N4O3/c1-26(2)21(27)15-25-22(23-13-16-8-10-18(28-3)11-9-16)24-14-19-12-17-6-4-5-7-20(17)29-19/h4-11,19H,12-15H2,1-3H3,(H2,23,24,25). The first kappa shape index (κ1) is 20.5. The highest BCUT2D eigenvalue weighted by atomic mass is 16.5. The number of guanidine groups is 1. The highest BCUT2D eigenvalue weighted by Gasteiger charge is 2.22. The van der Waals surface area contributed by atoms with E-state index in [0.717, 1.165) is 23.5 Å². The average molecular weight is 396 g/mol. The molecule has 2 N–H and O–H groups in total. The van der Waals surface area contributed by atoms with Crippen molar-refractivity contribution < 1.29 is 14.3 Å². The highest BCUT2D eigenvalue weighted by Crippen LogP contribution is 2.27. The third-order valence-corrected chi connectivity index (χ3v) is 4.70. The number of hydrogen-bond acceptors (Lipinski definition) is 4. The van der Waals surface area contributed by atoms with Crippen LogP contribution < -0.4 is 20.1 Å². The van der Waals surface area contributed by atoms with Gasteiger partial charge in [0, 0.05) is 20.5 Å². The second-order valence-electron chi connectivity index (χ2n) is 7.09. The Balaban J connectivity index is 1.60. The van der Waals surface area contributed by atoms with Crippen molar-refractivity contribution in [3.63, 3.8) is 0 Å². The molecule has 0 bridgehead atoms. The molecule has 1 atom stereocenters. The van der Waals surface area contributed by atoms with Crippen LogP contribution in [0.3, 0.4) is 0 Å². The minimum Gasteiger partial charge on any atom is -0.497 e. The average Bonchev–Trinajstić information content (AvgIpc) is 3.16. The number of para-hydroxylation sites is 1. The van der Waals surface area contributed by atoms with E-state index < -0.39 is 0 Å². The summed E-state index contributed by atoms with van der Waals surface area (Å²) in [5, 5.41) is 6.41. The number of nitrogens with zero attached hydrogens (tertiary/aromatic N) is 2. The molecule has 0 radical (unpaired) electrons. The number of amides is 1. The Hall–Kier alpha value is -3.22. The van der Waals surface area contributed by atoms with Gasteiger partial charge in [0.15, 0.2) is 5.96 Å². The molecular weight excluding hydrogens is 368 g/mol. The molecular formula is C22H28N4O3. The van der Waals surface area contributed by atoms with E-state index in [-0.39, 0.29) is 18.6 Å². The van der Waals surface area contributed by atoms with Crippen LogP contribution in [-0.4, -0.2) is 57.2 Å². The van der Waals surface area contributed by atoms with Gasteiger partial charge >= 0.3 is 0 Å². The number of aliphatic imine (C=N–C) groups is 1. The summed E-state index contributed by atoms with van der Waals surface area (Å²) in [5.74, 6) is 2.31. The SMILES string of the molecule is COc1ccc(CN=C(NCC(=O)N(C)C)NCC2Cc3ccccc3O2)cc1. The van der Waals surface area contributed by atoms with Crippen LogP contribution in [0.2, 0.25) is 0 Å². The van der Waals surface area contributed by atoms with E-state index in [1.54, 1.807) is 26.1 Å². The second-order valence-corrected chi connectivity index (χ2v) is 7.09. The Morgan fingerprint density at radius 2 is 1.93 bits per heavy atom. The van der Waals surface area contributed by atoms with Gasteiger partial charge in [0.25, 0.3) is 0 Å². The maximum atomic E-state index is 11.9. The van der Waals surface area contributed by atoms with E-state index in [1.165, 1.54) is 5.56 Å². The molecule has 0 aliphatic carbocycles. The molecule has 1 unspecified atom stereocenters. The fraction of sp³-hybridized carbons (Fsp3) is 0.364. The molecule has 0 spiro atoms. The number of likely N-dealkylation sites (N-methyl/N-ethyl adjacent to an activating group) is 1. The summed E-state index contributed by atoms with van der Waals surface area (Å²) in [6.45, 7) is 1.26. The third kappa shape index (κ3) is 5.88. The molecule has 29 heavy (non-hydrogen) atoms. The number of fused-ring (bicyclic) bond motifs is 1. The number of nitrogens with one attached hydrogen (secondary N) is 2. The lowest BCUT2D eigenvalue weighted by atomic mass is 10.1. The molecule has 0 saturated heterocycles. The van der Waals surface area contributed by atoms with E-state index in [0.29, 0.717) is 19.0 Å². The second kappa shape index (κ2) is 9.82. The van der Waals surface area contributed by atoms with E-state index >= 15 is 0 Å². The number of hydrogen-bond donors (Lipinski definition) is 2. The predicted molar refractivity (Wildman–Crippen MR) is 113 cm³/mol. The van der Waals surface area contributed by atoms with E-state index in [1.807, 2.05) is 42.5 Å². The molecule has 1 aliphatic rings. The lowest BCUT2D eigenvalue weighted by molar-refractivity contribution is -0.127. The Labute approximate surface area is 171 Å². The van der Waals surface area contributed by atoms with Crippen LogP contribution in [0.25, 0.3) is 0 Å². The molecule has 2 aromatic rings. The van der Waals surface area contributed by atoms with Crippen LogP contribution in [0, 0.1) is 0 Å². The molecule has 1 amide bonds. The molecule has 1 heterocycles. The van der Waals surface area contributed by atoms with Gasteiger partial charge in [-0.3, -0.25) is 4.79 Å². The van der Waals surface area contributed by atoms with E-state index in [4.69, 9.17) is 9.47 Å². The van der Waals surface area contributed by atoms with Gasteiger partial charge < -0.3 is 25.0 Å². The summed E-state index contributed by atoms with van der Waals surface area (Å²) in [5.41, 5.74) is 2.27. The van der Waals surface area contributed by atoms with Crippen LogP contribution in [0.5, 0.6) is 11.5 Å². The number of carbonyl (C=O) groups is 1. The quantitative estimate of drug-likeness (QED) is 0.552. The largest absolute Gasteiger partial charge is 0.497 e. The lowest BCUT2D eigenvalue weighted by Gasteiger charge is -2.17. The number of benzene rings is 2.